The summed E-state index contributed by atoms with van der Waals surface area (Å²) in [6.45, 7) is 2.08. The van der Waals surface area contributed by atoms with E-state index in [0.29, 0.717) is 4.83 Å². The molecule has 1 aromatic rings. The second kappa shape index (κ2) is 4.63. The zero-order valence-electron chi connectivity index (χ0n) is 7.33. The molecule has 0 bridgehead atoms. The number of alkyl halides is 1. The van der Waals surface area contributed by atoms with Gasteiger partial charge in [-0.2, -0.15) is 0 Å². The van der Waals surface area contributed by atoms with Crippen LogP contribution in [0.25, 0.3) is 0 Å². The first-order valence-electron chi connectivity index (χ1n) is 3.97. The Bertz CT molecular complexity index is 221. The van der Waals surface area contributed by atoms with Crippen LogP contribution in [0.2, 0.25) is 0 Å². The van der Waals surface area contributed by atoms with Crippen molar-refractivity contribution in [2.75, 3.05) is 7.11 Å². The molecule has 1 aromatic carbocycles. The molecule has 0 N–H and O–H groups in total. The number of halogens is 1. The van der Waals surface area contributed by atoms with E-state index in [-0.39, 0.29) is 6.10 Å². The third-order valence-corrected chi connectivity index (χ3v) is 2.28. The molecule has 0 aliphatic heterocycles. The molecule has 1 rings (SSSR count). The van der Waals surface area contributed by atoms with Crippen LogP contribution < -0.4 is 0 Å². The highest BCUT2D eigenvalue weighted by atomic mass is 79.9. The molecule has 0 radical (unpaired) electrons. The van der Waals surface area contributed by atoms with Gasteiger partial charge in [0.1, 0.15) is 0 Å². The highest BCUT2D eigenvalue weighted by Crippen LogP contribution is 2.24. The molecule has 0 saturated carbocycles. The van der Waals surface area contributed by atoms with Crippen LogP contribution in [0.15, 0.2) is 30.3 Å². The highest BCUT2D eigenvalue weighted by molar-refractivity contribution is 9.09. The first-order chi connectivity index (χ1) is 5.75. The quantitative estimate of drug-likeness (QED) is 0.723. The van der Waals surface area contributed by atoms with Crippen LogP contribution in [-0.2, 0) is 4.74 Å². The van der Waals surface area contributed by atoms with Gasteiger partial charge in [0, 0.05) is 11.9 Å². The monoisotopic (exact) mass is 228 g/mol. The molecule has 0 aliphatic carbocycles. The third kappa shape index (κ3) is 2.32. The highest BCUT2D eigenvalue weighted by Gasteiger charge is 2.14. The van der Waals surface area contributed by atoms with E-state index in [9.17, 15) is 0 Å². The Balaban J connectivity index is 2.80. The summed E-state index contributed by atoms with van der Waals surface area (Å²) in [5, 5.41) is 0. The van der Waals surface area contributed by atoms with Crippen molar-refractivity contribution in [3.63, 3.8) is 0 Å². The van der Waals surface area contributed by atoms with Crippen molar-refractivity contribution in [2.24, 2.45) is 0 Å². The minimum absolute atomic E-state index is 0.145. The van der Waals surface area contributed by atoms with Crippen LogP contribution in [0.1, 0.15) is 18.6 Å². The van der Waals surface area contributed by atoms with E-state index >= 15 is 0 Å². The van der Waals surface area contributed by atoms with Gasteiger partial charge in [-0.3, -0.25) is 0 Å². The molecule has 0 fully saturated rings. The van der Waals surface area contributed by atoms with E-state index < -0.39 is 0 Å². The van der Waals surface area contributed by atoms with Crippen LogP contribution in [-0.4, -0.2) is 11.9 Å². The zero-order valence-corrected chi connectivity index (χ0v) is 8.91. The molecule has 0 spiro atoms. The molecular formula is C10H13BrO. The molecule has 12 heavy (non-hydrogen) atoms. The summed E-state index contributed by atoms with van der Waals surface area (Å²) >= 11 is 3.51. The summed E-state index contributed by atoms with van der Waals surface area (Å²) in [5.74, 6) is 0. The molecular weight excluding hydrogens is 216 g/mol. The maximum atomic E-state index is 5.35. The Labute approximate surface area is 81.9 Å². The van der Waals surface area contributed by atoms with E-state index in [4.69, 9.17) is 4.74 Å². The van der Waals surface area contributed by atoms with Gasteiger partial charge < -0.3 is 4.74 Å². The van der Waals surface area contributed by atoms with Crippen LogP contribution in [0.3, 0.4) is 0 Å². The standard InChI is InChI=1S/C10H13BrO/c1-8(11)10(12-2)9-6-4-3-5-7-9/h3-8,10H,1-2H3/t8-,10-/m1/s1. The fourth-order valence-corrected chi connectivity index (χ4v) is 1.75. The van der Waals surface area contributed by atoms with Crippen LogP contribution in [0, 0.1) is 0 Å². The molecule has 66 valence electrons. The average molecular weight is 229 g/mol. The largest absolute Gasteiger partial charge is 0.376 e. The molecule has 0 amide bonds. The zero-order chi connectivity index (χ0) is 8.97. The number of hydrogen-bond acceptors (Lipinski definition) is 1. The second-order valence-electron chi connectivity index (χ2n) is 2.74. The molecule has 0 saturated heterocycles. The lowest BCUT2D eigenvalue weighted by molar-refractivity contribution is 0.106. The summed E-state index contributed by atoms with van der Waals surface area (Å²) in [5.41, 5.74) is 1.21. The predicted octanol–water partition coefficient (Wildman–Crippen LogP) is 3.16. The lowest BCUT2D eigenvalue weighted by Gasteiger charge is -2.17. The summed E-state index contributed by atoms with van der Waals surface area (Å²) in [7, 11) is 1.73. The molecule has 2 atom stereocenters. The Kier molecular flexibility index (Phi) is 3.76. The van der Waals surface area contributed by atoms with Crippen molar-refractivity contribution >= 4 is 15.9 Å². The van der Waals surface area contributed by atoms with Gasteiger partial charge in [0.2, 0.25) is 0 Å². The topological polar surface area (TPSA) is 9.23 Å². The van der Waals surface area contributed by atoms with Crippen molar-refractivity contribution in [3.8, 4) is 0 Å². The van der Waals surface area contributed by atoms with Gasteiger partial charge in [-0.05, 0) is 12.5 Å². The van der Waals surface area contributed by atoms with E-state index in [0.717, 1.165) is 0 Å². The first-order valence-corrected chi connectivity index (χ1v) is 4.89. The maximum Gasteiger partial charge on any atom is 0.0943 e. The minimum atomic E-state index is 0.145. The fraction of sp³-hybridized carbons (Fsp3) is 0.400. The Morgan fingerprint density at radius 2 is 1.83 bits per heavy atom. The van der Waals surface area contributed by atoms with Crippen molar-refractivity contribution in [1.29, 1.82) is 0 Å². The average Bonchev–Trinajstić information content (AvgIpc) is 2.07. The number of methoxy groups -OCH3 is 1. The van der Waals surface area contributed by atoms with E-state index in [1.54, 1.807) is 7.11 Å². The summed E-state index contributed by atoms with van der Waals surface area (Å²) in [6, 6.07) is 10.2. The smallest absolute Gasteiger partial charge is 0.0943 e. The first kappa shape index (κ1) is 9.75. The number of hydrogen-bond donors (Lipinski definition) is 0. The number of benzene rings is 1. The SMILES string of the molecule is CO[C@@H](c1ccccc1)[C@@H](C)Br. The predicted molar refractivity (Wildman–Crippen MR) is 54.6 cm³/mol. The van der Waals surface area contributed by atoms with Gasteiger partial charge in [-0.1, -0.05) is 46.3 Å². The van der Waals surface area contributed by atoms with Gasteiger partial charge >= 0.3 is 0 Å². The lowest BCUT2D eigenvalue weighted by Crippen LogP contribution is -2.10. The molecule has 2 heteroatoms. The van der Waals surface area contributed by atoms with Gasteiger partial charge in [0.05, 0.1) is 6.10 Å². The van der Waals surface area contributed by atoms with Crippen LogP contribution in [0.4, 0.5) is 0 Å². The lowest BCUT2D eigenvalue weighted by atomic mass is 10.1. The molecule has 0 unspecified atom stereocenters. The van der Waals surface area contributed by atoms with Crippen molar-refractivity contribution in [1.82, 2.24) is 0 Å². The van der Waals surface area contributed by atoms with Crippen molar-refractivity contribution < 1.29 is 4.74 Å². The van der Waals surface area contributed by atoms with Gasteiger partial charge in [-0.25, -0.2) is 0 Å². The van der Waals surface area contributed by atoms with Crippen LogP contribution >= 0.6 is 15.9 Å². The molecule has 0 aromatic heterocycles. The normalized spacial score (nSPS) is 15.6. The van der Waals surface area contributed by atoms with Gasteiger partial charge in [0.15, 0.2) is 0 Å². The molecule has 1 nitrogen and oxygen atoms in total. The Hall–Kier alpha value is -0.340. The number of rotatable bonds is 3. The summed E-state index contributed by atoms with van der Waals surface area (Å²) in [6.07, 6.45) is 0.145. The Morgan fingerprint density at radius 3 is 2.25 bits per heavy atom. The molecule has 0 heterocycles. The fourth-order valence-electron chi connectivity index (χ4n) is 1.23. The maximum absolute atomic E-state index is 5.35. The van der Waals surface area contributed by atoms with Crippen LogP contribution in [0.5, 0.6) is 0 Å². The van der Waals surface area contributed by atoms with E-state index in [2.05, 4.69) is 35.0 Å². The van der Waals surface area contributed by atoms with Gasteiger partial charge in [0.25, 0.3) is 0 Å². The van der Waals surface area contributed by atoms with E-state index in [1.165, 1.54) is 5.56 Å². The third-order valence-electron chi connectivity index (χ3n) is 1.80. The summed E-state index contributed by atoms with van der Waals surface area (Å²) in [4.78, 5) is 0.338. The van der Waals surface area contributed by atoms with Crippen molar-refractivity contribution in [2.45, 2.75) is 17.9 Å². The molecule has 0 aliphatic rings. The second-order valence-corrected chi connectivity index (χ2v) is 4.19. The van der Waals surface area contributed by atoms with Crippen molar-refractivity contribution in [3.05, 3.63) is 35.9 Å². The summed E-state index contributed by atoms with van der Waals surface area (Å²) < 4.78 is 5.35. The minimum Gasteiger partial charge on any atom is -0.376 e. The van der Waals surface area contributed by atoms with Gasteiger partial charge in [-0.15, -0.1) is 0 Å². The Morgan fingerprint density at radius 1 is 1.25 bits per heavy atom. The number of ether oxygens (including phenoxy) is 1. The van der Waals surface area contributed by atoms with E-state index in [1.807, 2.05) is 18.2 Å².